The van der Waals surface area contributed by atoms with Gasteiger partial charge < -0.3 is 4.74 Å². The first-order valence-electron chi connectivity index (χ1n) is 9.37. The zero-order valence-corrected chi connectivity index (χ0v) is 15.7. The molecule has 26 heavy (non-hydrogen) atoms. The molecule has 1 aliphatic rings. The SMILES string of the molecule is CCN(Cc1ccncc1)C1CCCN(Cc2ccc(F)cc2OC)C1. The molecular weight excluding hydrogens is 329 g/mol. The predicted molar refractivity (Wildman–Crippen MR) is 102 cm³/mol. The van der Waals surface area contributed by atoms with Gasteiger partial charge in [0.15, 0.2) is 0 Å². The number of piperidine rings is 1. The molecule has 1 atom stereocenters. The van der Waals surface area contributed by atoms with Crippen LogP contribution in [-0.4, -0.2) is 47.6 Å². The molecule has 1 unspecified atom stereocenters. The highest BCUT2D eigenvalue weighted by Crippen LogP contribution is 2.24. The number of aromatic nitrogens is 1. The van der Waals surface area contributed by atoms with Gasteiger partial charge >= 0.3 is 0 Å². The molecule has 0 radical (unpaired) electrons. The van der Waals surface area contributed by atoms with Crippen molar-refractivity contribution in [2.45, 2.75) is 38.9 Å². The first-order chi connectivity index (χ1) is 12.7. The summed E-state index contributed by atoms with van der Waals surface area (Å²) in [6.45, 7) is 7.11. The lowest BCUT2D eigenvalue weighted by Gasteiger charge is -2.39. The number of halogens is 1. The van der Waals surface area contributed by atoms with E-state index in [1.165, 1.54) is 30.5 Å². The lowest BCUT2D eigenvalue weighted by Crippen LogP contribution is -2.47. The highest BCUT2D eigenvalue weighted by molar-refractivity contribution is 5.34. The predicted octanol–water partition coefficient (Wildman–Crippen LogP) is 3.72. The smallest absolute Gasteiger partial charge is 0.126 e. The van der Waals surface area contributed by atoms with E-state index < -0.39 is 0 Å². The van der Waals surface area contributed by atoms with Crippen molar-refractivity contribution < 1.29 is 9.13 Å². The largest absolute Gasteiger partial charge is 0.496 e. The number of likely N-dealkylation sites (tertiary alicyclic amines) is 1. The van der Waals surface area contributed by atoms with Crippen molar-refractivity contribution >= 4 is 0 Å². The topological polar surface area (TPSA) is 28.6 Å². The van der Waals surface area contributed by atoms with Crippen molar-refractivity contribution in [3.63, 3.8) is 0 Å². The maximum Gasteiger partial charge on any atom is 0.126 e. The number of benzene rings is 1. The summed E-state index contributed by atoms with van der Waals surface area (Å²) in [5.74, 6) is 0.382. The van der Waals surface area contributed by atoms with E-state index in [9.17, 15) is 4.39 Å². The van der Waals surface area contributed by atoms with Crippen LogP contribution in [0.5, 0.6) is 5.75 Å². The first-order valence-corrected chi connectivity index (χ1v) is 9.37. The third-order valence-electron chi connectivity index (χ3n) is 5.18. The molecule has 2 heterocycles. The Kier molecular flexibility index (Phi) is 6.58. The Morgan fingerprint density at radius 1 is 1.27 bits per heavy atom. The summed E-state index contributed by atoms with van der Waals surface area (Å²) in [7, 11) is 1.60. The van der Waals surface area contributed by atoms with Gasteiger partial charge in [-0.2, -0.15) is 0 Å². The highest BCUT2D eigenvalue weighted by Gasteiger charge is 2.25. The van der Waals surface area contributed by atoms with Crippen LogP contribution in [-0.2, 0) is 13.1 Å². The van der Waals surface area contributed by atoms with Crippen LogP contribution in [0.4, 0.5) is 4.39 Å². The van der Waals surface area contributed by atoms with Gasteiger partial charge in [0, 0.05) is 49.7 Å². The Hall–Kier alpha value is -1.98. The molecule has 1 fully saturated rings. The molecule has 0 N–H and O–H groups in total. The zero-order valence-electron chi connectivity index (χ0n) is 15.7. The maximum absolute atomic E-state index is 13.4. The lowest BCUT2D eigenvalue weighted by molar-refractivity contribution is 0.0912. The second-order valence-corrected chi connectivity index (χ2v) is 6.91. The van der Waals surface area contributed by atoms with E-state index in [1.807, 2.05) is 18.5 Å². The fraction of sp³-hybridized carbons (Fsp3) is 0.476. The van der Waals surface area contributed by atoms with Crippen molar-refractivity contribution in [3.05, 3.63) is 59.7 Å². The highest BCUT2D eigenvalue weighted by atomic mass is 19.1. The second kappa shape index (κ2) is 9.10. The van der Waals surface area contributed by atoms with Gasteiger partial charge in [0.1, 0.15) is 11.6 Å². The molecule has 1 aromatic heterocycles. The van der Waals surface area contributed by atoms with E-state index in [1.54, 1.807) is 7.11 Å². The molecule has 1 aliphatic heterocycles. The van der Waals surface area contributed by atoms with E-state index in [0.29, 0.717) is 11.8 Å². The summed E-state index contributed by atoms with van der Waals surface area (Å²) in [4.78, 5) is 9.11. The van der Waals surface area contributed by atoms with Crippen LogP contribution >= 0.6 is 0 Å². The standard InChI is InChI=1S/C21H28FN3O/c1-3-25(14-17-8-10-23-11-9-17)20-5-4-12-24(16-20)15-18-6-7-19(22)13-21(18)26-2/h6-11,13,20H,3-5,12,14-16H2,1-2H3. The van der Waals surface area contributed by atoms with E-state index in [-0.39, 0.29) is 5.82 Å². The molecule has 3 rings (SSSR count). The fourth-order valence-electron chi connectivity index (χ4n) is 3.78. The number of likely N-dealkylation sites (N-methyl/N-ethyl adjacent to an activating group) is 1. The van der Waals surface area contributed by atoms with Gasteiger partial charge in [0.05, 0.1) is 7.11 Å². The average Bonchev–Trinajstić information content (AvgIpc) is 2.68. The Labute approximate surface area is 155 Å². The minimum Gasteiger partial charge on any atom is -0.496 e. The third-order valence-corrected chi connectivity index (χ3v) is 5.18. The van der Waals surface area contributed by atoms with Gasteiger partial charge in [-0.25, -0.2) is 4.39 Å². The average molecular weight is 357 g/mol. The van der Waals surface area contributed by atoms with Crippen molar-refractivity contribution in [2.75, 3.05) is 26.7 Å². The normalized spacial score (nSPS) is 18.2. The van der Waals surface area contributed by atoms with Crippen molar-refractivity contribution in [1.29, 1.82) is 0 Å². The number of nitrogens with zero attached hydrogens (tertiary/aromatic N) is 3. The van der Waals surface area contributed by atoms with Crippen LogP contribution in [0.15, 0.2) is 42.7 Å². The minimum absolute atomic E-state index is 0.253. The second-order valence-electron chi connectivity index (χ2n) is 6.91. The van der Waals surface area contributed by atoms with E-state index in [4.69, 9.17) is 4.74 Å². The molecule has 0 spiro atoms. The molecule has 0 bridgehead atoms. The zero-order chi connectivity index (χ0) is 18.4. The van der Waals surface area contributed by atoms with Gasteiger partial charge in [0.25, 0.3) is 0 Å². The van der Waals surface area contributed by atoms with Gasteiger partial charge in [-0.1, -0.05) is 13.0 Å². The van der Waals surface area contributed by atoms with Gasteiger partial charge in [-0.15, -0.1) is 0 Å². The number of methoxy groups -OCH3 is 1. The van der Waals surface area contributed by atoms with E-state index in [0.717, 1.165) is 38.3 Å². The Bertz CT molecular complexity index is 695. The summed E-state index contributed by atoms with van der Waals surface area (Å²) in [6.07, 6.45) is 6.12. The lowest BCUT2D eigenvalue weighted by atomic mass is 10.0. The summed E-state index contributed by atoms with van der Waals surface area (Å²) < 4.78 is 18.8. The van der Waals surface area contributed by atoms with E-state index in [2.05, 4.69) is 33.8 Å². The molecular formula is C21H28FN3O. The van der Waals surface area contributed by atoms with Gasteiger partial charge in [-0.05, 0) is 49.7 Å². The summed E-state index contributed by atoms with van der Waals surface area (Å²) in [6, 6.07) is 9.54. The fourth-order valence-corrected chi connectivity index (χ4v) is 3.78. The van der Waals surface area contributed by atoms with E-state index >= 15 is 0 Å². The molecule has 140 valence electrons. The van der Waals surface area contributed by atoms with Crippen LogP contribution in [0.1, 0.15) is 30.9 Å². The summed E-state index contributed by atoms with van der Waals surface area (Å²) >= 11 is 0. The van der Waals surface area contributed by atoms with Crippen molar-refractivity contribution in [1.82, 2.24) is 14.8 Å². The summed E-state index contributed by atoms with van der Waals surface area (Å²) in [5, 5.41) is 0. The van der Waals surface area contributed by atoms with Crippen molar-refractivity contribution in [3.8, 4) is 5.75 Å². The third kappa shape index (κ3) is 4.80. The van der Waals surface area contributed by atoms with Crippen LogP contribution in [0.2, 0.25) is 0 Å². The van der Waals surface area contributed by atoms with Crippen LogP contribution < -0.4 is 4.74 Å². The number of pyridine rings is 1. The van der Waals surface area contributed by atoms with Gasteiger partial charge in [-0.3, -0.25) is 14.8 Å². The van der Waals surface area contributed by atoms with Crippen LogP contribution in [0, 0.1) is 5.82 Å². The monoisotopic (exact) mass is 357 g/mol. The molecule has 0 saturated carbocycles. The number of rotatable bonds is 7. The quantitative estimate of drug-likeness (QED) is 0.755. The molecule has 1 aromatic carbocycles. The number of hydrogen-bond acceptors (Lipinski definition) is 4. The van der Waals surface area contributed by atoms with Crippen molar-refractivity contribution in [2.24, 2.45) is 0 Å². The Morgan fingerprint density at radius 3 is 2.81 bits per heavy atom. The molecule has 0 amide bonds. The van der Waals surface area contributed by atoms with Crippen LogP contribution in [0.25, 0.3) is 0 Å². The van der Waals surface area contributed by atoms with Crippen LogP contribution in [0.3, 0.4) is 0 Å². The van der Waals surface area contributed by atoms with Gasteiger partial charge in [0.2, 0.25) is 0 Å². The number of hydrogen-bond donors (Lipinski definition) is 0. The Morgan fingerprint density at radius 2 is 2.08 bits per heavy atom. The Balaban J connectivity index is 1.64. The number of ether oxygens (including phenoxy) is 1. The molecule has 1 saturated heterocycles. The molecule has 0 aliphatic carbocycles. The molecule has 4 nitrogen and oxygen atoms in total. The molecule has 2 aromatic rings. The summed E-state index contributed by atoms with van der Waals surface area (Å²) in [5.41, 5.74) is 2.35. The minimum atomic E-state index is -0.253. The maximum atomic E-state index is 13.4. The molecule has 5 heteroatoms. The first kappa shape index (κ1) is 18.8.